The third kappa shape index (κ3) is 3.35. The fourth-order valence-electron chi connectivity index (χ4n) is 3.01. The van der Waals surface area contributed by atoms with Crippen LogP contribution in [0.1, 0.15) is 27.9 Å². The van der Waals surface area contributed by atoms with Gasteiger partial charge in [0.2, 0.25) is 5.95 Å². The van der Waals surface area contributed by atoms with Gasteiger partial charge < -0.3 is 10.6 Å². The zero-order valence-electron chi connectivity index (χ0n) is 14.7. The van der Waals surface area contributed by atoms with E-state index in [0.29, 0.717) is 31.0 Å². The molecule has 0 atom stereocenters. The number of carbonyl (C=O) groups excluding carboxylic acids is 1. The Morgan fingerprint density at radius 2 is 2.26 bits per heavy atom. The fourth-order valence-corrected chi connectivity index (χ4v) is 3.01. The predicted octanol–water partition coefficient (Wildman–Crippen LogP) is 2.55. The van der Waals surface area contributed by atoms with E-state index >= 15 is 0 Å². The van der Waals surface area contributed by atoms with Gasteiger partial charge in [-0.25, -0.2) is 9.97 Å². The Morgan fingerprint density at radius 1 is 1.37 bits per heavy atom. The van der Waals surface area contributed by atoms with E-state index in [9.17, 15) is 4.79 Å². The van der Waals surface area contributed by atoms with E-state index in [1.807, 2.05) is 25.3 Å². The molecule has 3 aromatic rings. The summed E-state index contributed by atoms with van der Waals surface area (Å²) in [6.07, 6.45) is 5.79. The lowest BCUT2D eigenvalue weighted by molar-refractivity contribution is 0.0966. The van der Waals surface area contributed by atoms with Gasteiger partial charge in [-0.1, -0.05) is 0 Å². The molecule has 2 aromatic heterocycles. The van der Waals surface area contributed by atoms with Gasteiger partial charge in [-0.05, 0) is 36.2 Å². The standard InChI is InChI=1S/C19H17N7O/c1-12-8-22-19(24-15-3-4-16-13(7-15)9-21-18(16)27)25-17(12)14-10-23-26(11-14)6-2-5-20/h3-4,7-8,10-11H,2,6,9H2,1H3,(H,21,27)(H,22,24,25). The van der Waals surface area contributed by atoms with Crippen LogP contribution in [0.15, 0.2) is 36.8 Å². The van der Waals surface area contributed by atoms with Crippen LogP contribution in [0.2, 0.25) is 0 Å². The van der Waals surface area contributed by atoms with Crippen LogP contribution in [-0.2, 0) is 13.1 Å². The van der Waals surface area contributed by atoms with Gasteiger partial charge in [-0.2, -0.15) is 10.4 Å². The number of nitriles is 1. The maximum Gasteiger partial charge on any atom is 0.251 e. The van der Waals surface area contributed by atoms with Crippen LogP contribution in [0.5, 0.6) is 0 Å². The second-order valence-corrected chi connectivity index (χ2v) is 6.31. The molecule has 1 aromatic carbocycles. The van der Waals surface area contributed by atoms with Crippen LogP contribution in [-0.4, -0.2) is 25.7 Å². The number of fused-ring (bicyclic) bond motifs is 1. The number of aromatic nitrogens is 4. The summed E-state index contributed by atoms with van der Waals surface area (Å²) in [7, 11) is 0. The molecule has 0 unspecified atom stereocenters. The van der Waals surface area contributed by atoms with Gasteiger partial charge >= 0.3 is 0 Å². The number of aryl methyl sites for hydroxylation is 2. The number of nitrogens with zero attached hydrogens (tertiary/aromatic N) is 5. The summed E-state index contributed by atoms with van der Waals surface area (Å²) in [5.74, 6) is 0.427. The molecule has 1 amide bonds. The highest BCUT2D eigenvalue weighted by molar-refractivity contribution is 5.98. The maximum atomic E-state index is 11.7. The Bertz CT molecular complexity index is 1060. The van der Waals surface area contributed by atoms with Crippen molar-refractivity contribution in [1.29, 1.82) is 5.26 Å². The Morgan fingerprint density at radius 3 is 3.11 bits per heavy atom. The first kappa shape index (κ1) is 16.7. The van der Waals surface area contributed by atoms with Gasteiger partial charge in [0, 0.05) is 35.8 Å². The molecule has 0 bridgehead atoms. The number of nitrogens with one attached hydrogen (secondary N) is 2. The topological polar surface area (TPSA) is 109 Å². The van der Waals surface area contributed by atoms with E-state index in [1.54, 1.807) is 23.1 Å². The quantitative estimate of drug-likeness (QED) is 0.725. The first-order valence-corrected chi connectivity index (χ1v) is 8.55. The molecule has 0 aliphatic carbocycles. The summed E-state index contributed by atoms with van der Waals surface area (Å²) in [6.45, 7) is 3.03. The van der Waals surface area contributed by atoms with Crippen LogP contribution in [0.25, 0.3) is 11.3 Å². The Kier molecular flexibility index (Phi) is 4.26. The molecule has 8 heteroatoms. The minimum Gasteiger partial charge on any atom is -0.348 e. The van der Waals surface area contributed by atoms with Gasteiger partial charge in [0.1, 0.15) is 0 Å². The van der Waals surface area contributed by atoms with E-state index in [1.165, 1.54) is 0 Å². The smallest absolute Gasteiger partial charge is 0.251 e. The number of amides is 1. The largest absolute Gasteiger partial charge is 0.348 e. The van der Waals surface area contributed by atoms with Crippen molar-refractivity contribution in [1.82, 2.24) is 25.1 Å². The van der Waals surface area contributed by atoms with Crippen molar-refractivity contribution < 1.29 is 4.79 Å². The number of carbonyl (C=O) groups is 1. The molecule has 2 N–H and O–H groups in total. The van der Waals surface area contributed by atoms with Crippen molar-refractivity contribution in [3.8, 4) is 17.3 Å². The van der Waals surface area contributed by atoms with E-state index in [0.717, 1.165) is 28.1 Å². The van der Waals surface area contributed by atoms with E-state index in [-0.39, 0.29) is 5.91 Å². The van der Waals surface area contributed by atoms with Crippen molar-refractivity contribution in [2.75, 3.05) is 5.32 Å². The van der Waals surface area contributed by atoms with Crippen LogP contribution < -0.4 is 10.6 Å². The van der Waals surface area contributed by atoms with Gasteiger partial charge in [-0.3, -0.25) is 9.48 Å². The second kappa shape index (κ2) is 6.88. The van der Waals surface area contributed by atoms with Crippen molar-refractivity contribution in [3.63, 3.8) is 0 Å². The van der Waals surface area contributed by atoms with Crippen LogP contribution >= 0.6 is 0 Å². The molecule has 4 rings (SSSR count). The van der Waals surface area contributed by atoms with Crippen molar-refractivity contribution >= 4 is 17.5 Å². The summed E-state index contributed by atoms with van der Waals surface area (Å²) < 4.78 is 1.73. The summed E-state index contributed by atoms with van der Waals surface area (Å²) in [5, 5.41) is 19.0. The molecule has 0 saturated carbocycles. The molecule has 27 heavy (non-hydrogen) atoms. The first-order chi connectivity index (χ1) is 13.1. The molecule has 8 nitrogen and oxygen atoms in total. The van der Waals surface area contributed by atoms with Crippen LogP contribution in [0, 0.1) is 18.3 Å². The van der Waals surface area contributed by atoms with Crippen LogP contribution in [0.3, 0.4) is 0 Å². The third-order valence-electron chi connectivity index (χ3n) is 4.38. The summed E-state index contributed by atoms with van der Waals surface area (Å²) in [4.78, 5) is 20.6. The lowest BCUT2D eigenvalue weighted by Crippen LogP contribution is -2.12. The lowest BCUT2D eigenvalue weighted by Gasteiger charge is -2.09. The number of anilines is 2. The fraction of sp³-hybridized carbons (Fsp3) is 0.211. The molecule has 0 saturated heterocycles. The van der Waals surface area contributed by atoms with Crippen molar-refractivity contribution in [2.24, 2.45) is 0 Å². The van der Waals surface area contributed by atoms with Crippen molar-refractivity contribution in [2.45, 2.75) is 26.4 Å². The number of hydrogen-bond donors (Lipinski definition) is 2. The Labute approximate surface area is 155 Å². The van der Waals surface area contributed by atoms with Crippen LogP contribution in [0.4, 0.5) is 11.6 Å². The SMILES string of the molecule is Cc1cnc(Nc2ccc3c(c2)CNC3=O)nc1-c1cnn(CCC#N)c1. The zero-order chi connectivity index (χ0) is 18.8. The third-order valence-corrected chi connectivity index (χ3v) is 4.38. The van der Waals surface area contributed by atoms with Gasteiger partial charge in [0.25, 0.3) is 5.91 Å². The number of hydrogen-bond acceptors (Lipinski definition) is 6. The molecular formula is C19H17N7O. The maximum absolute atomic E-state index is 11.7. The van der Waals surface area contributed by atoms with Crippen molar-refractivity contribution in [3.05, 3.63) is 53.5 Å². The molecule has 0 fully saturated rings. The zero-order valence-corrected chi connectivity index (χ0v) is 14.7. The lowest BCUT2D eigenvalue weighted by atomic mass is 10.1. The molecule has 0 radical (unpaired) electrons. The molecule has 3 heterocycles. The van der Waals surface area contributed by atoms with E-state index in [2.05, 4.69) is 31.8 Å². The Hall–Kier alpha value is -3.73. The minimum absolute atomic E-state index is 0.0427. The highest BCUT2D eigenvalue weighted by Gasteiger charge is 2.18. The highest BCUT2D eigenvalue weighted by Crippen LogP contribution is 2.25. The average molecular weight is 359 g/mol. The second-order valence-electron chi connectivity index (χ2n) is 6.31. The van der Waals surface area contributed by atoms with Gasteiger partial charge in [0.15, 0.2) is 0 Å². The summed E-state index contributed by atoms with van der Waals surface area (Å²) >= 11 is 0. The normalized spacial score (nSPS) is 12.4. The minimum atomic E-state index is -0.0427. The monoisotopic (exact) mass is 359 g/mol. The summed E-state index contributed by atoms with van der Waals surface area (Å²) in [5.41, 5.74) is 5.08. The molecular weight excluding hydrogens is 342 g/mol. The molecule has 134 valence electrons. The van der Waals surface area contributed by atoms with E-state index < -0.39 is 0 Å². The molecule has 0 spiro atoms. The molecule has 1 aliphatic heterocycles. The van der Waals surface area contributed by atoms with E-state index in [4.69, 9.17) is 5.26 Å². The number of rotatable bonds is 5. The summed E-state index contributed by atoms with van der Waals surface area (Å²) in [6, 6.07) is 7.68. The molecule has 1 aliphatic rings. The first-order valence-electron chi connectivity index (χ1n) is 8.55. The Balaban J connectivity index is 1.58. The average Bonchev–Trinajstić information content (AvgIpc) is 3.28. The highest BCUT2D eigenvalue weighted by atomic mass is 16.1. The predicted molar refractivity (Wildman–Crippen MR) is 99.1 cm³/mol. The number of benzene rings is 1. The van der Waals surface area contributed by atoms with Gasteiger partial charge in [0.05, 0.1) is 30.9 Å². The van der Waals surface area contributed by atoms with Gasteiger partial charge in [-0.15, -0.1) is 0 Å².